The van der Waals surface area contributed by atoms with E-state index in [2.05, 4.69) is 20.5 Å². The number of amides is 2. The van der Waals surface area contributed by atoms with Gasteiger partial charge in [0.2, 0.25) is 11.8 Å². The van der Waals surface area contributed by atoms with Crippen LogP contribution in [0.25, 0.3) is 11.4 Å². The maximum atomic E-state index is 12.2. The second-order valence-corrected chi connectivity index (χ2v) is 5.55. The van der Waals surface area contributed by atoms with Gasteiger partial charge in [-0.05, 0) is 24.3 Å². The standard InChI is InChI=1S/C15H18N6O2/c1-21-8-10(6-13(21)22)15(23)17-11-4-2-9(3-5-11)14-18-12(7-16)19-20-14/h2-5,10H,6-8,16H2,1H3,(H,17,23)(H,18,19,20). The first-order chi connectivity index (χ1) is 11.1. The number of aromatic amines is 1. The zero-order valence-electron chi connectivity index (χ0n) is 12.7. The van der Waals surface area contributed by atoms with E-state index >= 15 is 0 Å². The van der Waals surface area contributed by atoms with Crippen LogP contribution >= 0.6 is 0 Å². The minimum Gasteiger partial charge on any atom is -0.345 e. The average molecular weight is 314 g/mol. The highest BCUT2D eigenvalue weighted by molar-refractivity contribution is 5.97. The summed E-state index contributed by atoms with van der Waals surface area (Å²) in [6, 6.07) is 7.22. The molecule has 0 bridgehead atoms. The Hall–Kier alpha value is -2.74. The van der Waals surface area contributed by atoms with Crippen LogP contribution in [0.2, 0.25) is 0 Å². The van der Waals surface area contributed by atoms with Crippen molar-refractivity contribution in [2.75, 3.05) is 18.9 Å². The number of nitrogens with zero attached hydrogens (tertiary/aromatic N) is 3. The lowest BCUT2D eigenvalue weighted by molar-refractivity contribution is -0.127. The number of rotatable bonds is 4. The molecule has 1 fully saturated rings. The molecule has 23 heavy (non-hydrogen) atoms. The molecule has 8 nitrogen and oxygen atoms in total. The van der Waals surface area contributed by atoms with E-state index in [4.69, 9.17) is 5.73 Å². The van der Waals surface area contributed by atoms with E-state index < -0.39 is 0 Å². The number of benzene rings is 1. The Morgan fingerprint density at radius 1 is 1.43 bits per heavy atom. The molecule has 2 aromatic rings. The summed E-state index contributed by atoms with van der Waals surface area (Å²) in [4.78, 5) is 29.5. The van der Waals surface area contributed by atoms with Gasteiger partial charge < -0.3 is 16.0 Å². The van der Waals surface area contributed by atoms with Gasteiger partial charge in [0.15, 0.2) is 5.82 Å². The Kier molecular flexibility index (Phi) is 4.07. The first-order valence-corrected chi connectivity index (χ1v) is 7.33. The van der Waals surface area contributed by atoms with Gasteiger partial charge in [0.25, 0.3) is 0 Å². The fraction of sp³-hybridized carbons (Fsp3) is 0.333. The van der Waals surface area contributed by atoms with E-state index in [-0.39, 0.29) is 24.2 Å². The SMILES string of the molecule is CN1CC(C(=O)Nc2ccc(-c3n[nH]c(CN)n3)cc2)CC1=O. The predicted octanol–water partition coefficient (Wildman–Crippen LogP) is 0.347. The number of nitrogens with two attached hydrogens (primary N) is 1. The smallest absolute Gasteiger partial charge is 0.229 e. The molecule has 0 radical (unpaired) electrons. The molecular formula is C15H18N6O2. The topological polar surface area (TPSA) is 117 Å². The molecule has 2 heterocycles. The summed E-state index contributed by atoms with van der Waals surface area (Å²) in [6.45, 7) is 0.761. The number of hydrogen-bond acceptors (Lipinski definition) is 5. The molecule has 120 valence electrons. The van der Waals surface area contributed by atoms with Crippen molar-refractivity contribution in [2.45, 2.75) is 13.0 Å². The van der Waals surface area contributed by atoms with Crippen LogP contribution in [0.1, 0.15) is 12.2 Å². The molecule has 2 amide bonds. The molecule has 3 rings (SSSR count). The minimum atomic E-state index is -0.299. The van der Waals surface area contributed by atoms with Gasteiger partial charge in [-0.15, -0.1) is 0 Å². The zero-order valence-corrected chi connectivity index (χ0v) is 12.7. The largest absolute Gasteiger partial charge is 0.345 e. The van der Waals surface area contributed by atoms with E-state index in [1.165, 1.54) is 0 Å². The maximum absolute atomic E-state index is 12.2. The lowest BCUT2D eigenvalue weighted by atomic mass is 10.1. The molecule has 1 saturated heterocycles. The molecule has 0 aliphatic carbocycles. The van der Waals surface area contributed by atoms with Crippen molar-refractivity contribution in [1.29, 1.82) is 0 Å². The van der Waals surface area contributed by atoms with Gasteiger partial charge in [-0.3, -0.25) is 14.7 Å². The van der Waals surface area contributed by atoms with E-state index in [1.807, 2.05) is 12.1 Å². The van der Waals surface area contributed by atoms with Crippen molar-refractivity contribution in [3.63, 3.8) is 0 Å². The van der Waals surface area contributed by atoms with Gasteiger partial charge in [-0.25, -0.2) is 4.98 Å². The Morgan fingerprint density at radius 3 is 2.74 bits per heavy atom. The van der Waals surface area contributed by atoms with Crippen LogP contribution in [0, 0.1) is 5.92 Å². The van der Waals surface area contributed by atoms with Crippen LogP contribution < -0.4 is 11.1 Å². The molecule has 0 spiro atoms. The van der Waals surface area contributed by atoms with Crippen molar-refractivity contribution < 1.29 is 9.59 Å². The average Bonchev–Trinajstić information content (AvgIpc) is 3.15. The summed E-state index contributed by atoms with van der Waals surface area (Å²) in [5.74, 6) is 0.741. The first-order valence-electron chi connectivity index (χ1n) is 7.33. The fourth-order valence-corrected chi connectivity index (χ4v) is 2.50. The highest BCUT2D eigenvalue weighted by Gasteiger charge is 2.32. The lowest BCUT2D eigenvalue weighted by Gasteiger charge is -2.11. The third-order valence-corrected chi connectivity index (χ3v) is 3.85. The molecule has 0 saturated carbocycles. The number of nitrogens with one attached hydrogen (secondary N) is 2. The summed E-state index contributed by atoms with van der Waals surface area (Å²) >= 11 is 0. The second-order valence-electron chi connectivity index (χ2n) is 5.55. The number of carbonyl (C=O) groups is 2. The highest BCUT2D eigenvalue weighted by atomic mass is 16.2. The molecule has 1 aromatic carbocycles. The van der Waals surface area contributed by atoms with E-state index in [0.29, 0.717) is 30.4 Å². The summed E-state index contributed by atoms with van der Waals surface area (Å²) in [5, 5.41) is 9.67. The fourth-order valence-electron chi connectivity index (χ4n) is 2.50. The van der Waals surface area contributed by atoms with Gasteiger partial charge in [0, 0.05) is 31.3 Å². The quantitative estimate of drug-likeness (QED) is 0.752. The van der Waals surface area contributed by atoms with Crippen molar-refractivity contribution in [1.82, 2.24) is 20.1 Å². The van der Waals surface area contributed by atoms with Crippen molar-refractivity contribution in [3.8, 4) is 11.4 Å². The zero-order chi connectivity index (χ0) is 16.4. The van der Waals surface area contributed by atoms with Gasteiger partial charge in [0.1, 0.15) is 5.82 Å². The van der Waals surface area contributed by atoms with Crippen molar-refractivity contribution in [2.24, 2.45) is 11.7 Å². The Balaban J connectivity index is 1.65. The highest BCUT2D eigenvalue weighted by Crippen LogP contribution is 2.21. The summed E-state index contributed by atoms with van der Waals surface area (Å²) in [6.07, 6.45) is 0.263. The summed E-state index contributed by atoms with van der Waals surface area (Å²) < 4.78 is 0. The third kappa shape index (κ3) is 3.21. The molecule has 4 N–H and O–H groups in total. The molecular weight excluding hydrogens is 296 g/mol. The van der Waals surface area contributed by atoms with Crippen LogP contribution in [0.5, 0.6) is 0 Å². The Morgan fingerprint density at radius 2 is 2.17 bits per heavy atom. The summed E-state index contributed by atoms with van der Waals surface area (Å²) in [5.41, 5.74) is 7.00. The molecule has 1 aliphatic rings. The molecule has 1 atom stereocenters. The lowest BCUT2D eigenvalue weighted by Crippen LogP contribution is -2.25. The molecule has 1 unspecified atom stereocenters. The maximum Gasteiger partial charge on any atom is 0.229 e. The van der Waals surface area contributed by atoms with Crippen LogP contribution in [0.3, 0.4) is 0 Å². The molecule has 8 heteroatoms. The van der Waals surface area contributed by atoms with E-state index in [1.54, 1.807) is 24.1 Å². The van der Waals surface area contributed by atoms with Crippen LogP contribution in [-0.4, -0.2) is 45.5 Å². The number of hydrogen-bond donors (Lipinski definition) is 3. The Labute approximate surface area is 133 Å². The van der Waals surface area contributed by atoms with Gasteiger partial charge >= 0.3 is 0 Å². The number of anilines is 1. The van der Waals surface area contributed by atoms with E-state index in [0.717, 1.165) is 5.56 Å². The monoisotopic (exact) mass is 314 g/mol. The summed E-state index contributed by atoms with van der Waals surface area (Å²) in [7, 11) is 1.71. The number of H-pyrrole nitrogens is 1. The normalized spacial score (nSPS) is 17.6. The Bertz CT molecular complexity index is 724. The minimum absolute atomic E-state index is 0.000752. The first kappa shape index (κ1) is 15.2. The molecule has 1 aromatic heterocycles. The van der Waals surface area contributed by atoms with Crippen molar-refractivity contribution in [3.05, 3.63) is 30.1 Å². The van der Waals surface area contributed by atoms with Gasteiger partial charge in [0.05, 0.1) is 12.5 Å². The predicted molar refractivity (Wildman–Crippen MR) is 84.1 cm³/mol. The van der Waals surface area contributed by atoms with Crippen LogP contribution in [0.4, 0.5) is 5.69 Å². The van der Waals surface area contributed by atoms with Crippen LogP contribution in [0.15, 0.2) is 24.3 Å². The van der Waals surface area contributed by atoms with Gasteiger partial charge in [-0.1, -0.05) is 0 Å². The number of aromatic nitrogens is 3. The van der Waals surface area contributed by atoms with Crippen molar-refractivity contribution >= 4 is 17.5 Å². The van der Waals surface area contributed by atoms with Gasteiger partial charge in [-0.2, -0.15) is 5.10 Å². The second kappa shape index (κ2) is 6.17. The number of carbonyl (C=O) groups excluding carboxylic acids is 2. The third-order valence-electron chi connectivity index (χ3n) is 3.85. The van der Waals surface area contributed by atoms with E-state index in [9.17, 15) is 9.59 Å². The number of likely N-dealkylation sites (tertiary alicyclic amines) is 1. The molecule has 1 aliphatic heterocycles. The van der Waals surface area contributed by atoms with Crippen LogP contribution in [-0.2, 0) is 16.1 Å².